The second-order valence-electron chi connectivity index (χ2n) is 2.62. The van der Waals surface area contributed by atoms with Gasteiger partial charge in [-0.2, -0.15) is 0 Å². The van der Waals surface area contributed by atoms with Crippen molar-refractivity contribution in [3.8, 4) is 0 Å². The van der Waals surface area contributed by atoms with Gasteiger partial charge in [0.2, 0.25) is 0 Å². The molecule has 1 N–H and O–H groups in total. The summed E-state index contributed by atoms with van der Waals surface area (Å²) >= 11 is 20.2. The Morgan fingerprint density at radius 3 is 2.86 bits per heavy atom. The van der Waals surface area contributed by atoms with E-state index in [1.165, 1.54) is 0 Å². The van der Waals surface area contributed by atoms with Gasteiger partial charge in [0.05, 0.1) is 19.5 Å². The fourth-order valence-corrected chi connectivity index (χ4v) is 2.11. The lowest BCUT2D eigenvalue weighted by Crippen LogP contribution is -1.87. The molecule has 0 saturated heterocycles. The summed E-state index contributed by atoms with van der Waals surface area (Å²) in [6.07, 6.45) is 1.73. The molecular formula is C8H3BrCl2N2S. The lowest BCUT2D eigenvalue weighted by atomic mass is 10.3. The van der Waals surface area contributed by atoms with Gasteiger partial charge in [0.25, 0.3) is 0 Å². The van der Waals surface area contributed by atoms with Crippen LogP contribution in [0.3, 0.4) is 0 Å². The van der Waals surface area contributed by atoms with Crippen molar-refractivity contribution in [2.75, 3.05) is 0 Å². The maximum absolute atomic E-state index is 5.97. The molecule has 0 radical (unpaired) electrons. The number of halogens is 3. The molecule has 0 bridgehead atoms. The van der Waals surface area contributed by atoms with Crippen LogP contribution in [0.25, 0.3) is 11.0 Å². The fraction of sp³-hybridized carbons (Fsp3) is 0. The summed E-state index contributed by atoms with van der Waals surface area (Å²) in [7, 11) is 0. The molecule has 0 unspecified atom stereocenters. The first-order chi connectivity index (χ1) is 6.59. The number of hydrogen-bond acceptors (Lipinski definition) is 2. The molecule has 6 heteroatoms. The van der Waals surface area contributed by atoms with Crippen molar-refractivity contribution in [1.82, 2.24) is 9.97 Å². The minimum absolute atomic E-state index is 0.333. The van der Waals surface area contributed by atoms with Gasteiger partial charge in [-0.15, -0.1) is 0 Å². The number of pyridine rings is 2. The van der Waals surface area contributed by atoms with E-state index >= 15 is 0 Å². The average molecular weight is 310 g/mol. The second kappa shape index (κ2) is 3.77. The number of hydrogen-bond donors (Lipinski definition) is 1. The molecule has 0 saturated carbocycles. The largest absolute Gasteiger partial charge is 0.358 e. The van der Waals surface area contributed by atoms with Crippen LogP contribution in [0.1, 0.15) is 0 Å². The first-order valence-electron chi connectivity index (χ1n) is 3.62. The summed E-state index contributed by atoms with van der Waals surface area (Å²) < 4.78 is 1.37. The van der Waals surface area contributed by atoms with Gasteiger partial charge >= 0.3 is 0 Å². The number of nitrogens with one attached hydrogen (secondary N) is 1. The van der Waals surface area contributed by atoms with E-state index in [0.29, 0.717) is 25.7 Å². The maximum atomic E-state index is 5.97. The predicted octanol–water partition coefficient (Wildman–Crippen LogP) is 4.36. The average Bonchev–Trinajstić information content (AvgIpc) is 2.12. The van der Waals surface area contributed by atoms with E-state index in [4.69, 9.17) is 35.4 Å². The summed E-state index contributed by atoms with van der Waals surface area (Å²) in [5, 5.41) is 0.846. The van der Waals surface area contributed by atoms with Gasteiger partial charge in [0.15, 0.2) is 0 Å². The Kier molecular flexibility index (Phi) is 2.79. The van der Waals surface area contributed by atoms with Crippen LogP contribution >= 0.6 is 51.3 Å². The molecule has 0 amide bonds. The summed E-state index contributed by atoms with van der Waals surface area (Å²) in [5.74, 6) is 0. The van der Waals surface area contributed by atoms with Gasteiger partial charge in [0.1, 0.15) is 10.7 Å². The zero-order valence-corrected chi connectivity index (χ0v) is 10.6. The van der Waals surface area contributed by atoms with Crippen molar-refractivity contribution < 1.29 is 0 Å². The summed E-state index contributed by atoms with van der Waals surface area (Å²) in [4.78, 5) is 7.10. The third-order valence-electron chi connectivity index (χ3n) is 1.72. The van der Waals surface area contributed by atoms with E-state index in [0.717, 1.165) is 4.47 Å². The van der Waals surface area contributed by atoms with E-state index in [2.05, 4.69) is 25.9 Å². The standard InChI is InChI=1S/C8H3BrCl2N2S/c9-3-2-12-6-4(10)1-5(11)13-7(6)8(3)14/h1-2H,(H,12,14). The van der Waals surface area contributed by atoms with Crippen molar-refractivity contribution in [2.24, 2.45) is 0 Å². The van der Waals surface area contributed by atoms with Crippen molar-refractivity contribution in [1.29, 1.82) is 0 Å². The molecule has 0 aliphatic rings. The van der Waals surface area contributed by atoms with Crippen LogP contribution in [0.4, 0.5) is 0 Å². The Hall–Kier alpha value is -0.160. The first kappa shape index (κ1) is 10.4. The van der Waals surface area contributed by atoms with Gasteiger partial charge in [0, 0.05) is 6.20 Å². The number of aromatic nitrogens is 2. The molecule has 0 spiro atoms. The van der Waals surface area contributed by atoms with Crippen LogP contribution in [0.2, 0.25) is 10.2 Å². The monoisotopic (exact) mass is 308 g/mol. The van der Waals surface area contributed by atoms with E-state index in [-0.39, 0.29) is 0 Å². The highest BCUT2D eigenvalue weighted by Gasteiger charge is 2.06. The molecule has 2 rings (SSSR count). The second-order valence-corrected chi connectivity index (χ2v) is 4.67. The molecule has 72 valence electrons. The van der Waals surface area contributed by atoms with Crippen molar-refractivity contribution in [2.45, 2.75) is 0 Å². The van der Waals surface area contributed by atoms with Gasteiger partial charge < -0.3 is 4.98 Å². The Morgan fingerprint density at radius 1 is 1.43 bits per heavy atom. The van der Waals surface area contributed by atoms with Crippen molar-refractivity contribution >= 4 is 62.4 Å². The number of aromatic amines is 1. The van der Waals surface area contributed by atoms with Crippen LogP contribution in [0.15, 0.2) is 16.7 Å². The van der Waals surface area contributed by atoms with Gasteiger partial charge in [-0.25, -0.2) is 4.98 Å². The molecule has 0 aliphatic heterocycles. The zero-order chi connectivity index (χ0) is 10.3. The SMILES string of the molecule is S=c1c(Br)c[nH]c2c(Cl)cc(Cl)nc12. The van der Waals surface area contributed by atoms with E-state index < -0.39 is 0 Å². The molecule has 2 aromatic rings. The highest BCUT2D eigenvalue weighted by molar-refractivity contribution is 9.10. The Balaban J connectivity index is 3.03. The fourth-order valence-electron chi connectivity index (χ4n) is 1.10. The van der Waals surface area contributed by atoms with E-state index in [1.54, 1.807) is 12.3 Å². The maximum Gasteiger partial charge on any atom is 0.131 e. The highest BCUT2D eigenvalue weighted by atomic mass is 79.9. The number of rotatable bonds is 0. The van der Waals surface area contributed by atoms with Crippen molar-refractivity contribution in [3.05, 3.63) is 31.4 Å². The Labute approximate surface area is 103 Å². The topological polar surface area (TPSA) is 28.7 Å². The lowest BCUT2D eigenvalue weighted by molar-refractivity contribution is 1.31. The van der Waals surface area contributed by atoms with Crippen LogP contribution in [-0.4, -0.2) is 9.97 Å². The first-order valence-corrected chi connectivity index (χ1v) is 5.58. The minimum atomic E-state index is 0.333. The van der Waals surface area contributed by atoms with Crippen LogP contribution in [0, 0.1) is 4.51 Å². The Bertz CT molecular complexity index is 567. The molecule has 0 aromatic carbocycles. The van der Waals surface area contributed by atoms with Gasteiger partial charge in [-0.05, 0) is 22.0 Å². The minimum Gasteiger partial charge on any atom is -0.358 e. The smallest absolute Gasteiger partial charge is 0.131 e. The van der Waals surface area contributed by atoms with Crippen molar-refractivity contribution in [3.63, 3.8) is 0 Å². The predicted molar refractivity (Wildman–Crippen MR) is 64.6 cm³/mol. The molecule has 2 nitrogen and oxygen atoms in total. The molecule has 14 heavy (non-hydrogen) atoms. The van der Waals surface area contributed by atoms with Gasteiger partial charge in [-0.3, -0.25) is 0 Å². The number of nitrogens with zero attached hydrogens (tertiary/aromatic N) is 1. The van der Waals surface area contributed by atoms with Gasteiger partial charge in [-0.1, -0.05) is 35.4 Å². The third kappa shape index (κ3) is 1.67. The highest BCUT2D eigenvalue weighted by Crippen LogP contribution is 2.26. The van der Waals surface area contributed by atoms with Crippen LogP contribution in [0.5, 0.6) is 0 Å². The summed E-state index contributed by atoms with van der Waals surface area (Å²) in [6.45, 7) is 0. The quantitative estimate of drug-likeness (QED) is 0.578. The molecule has 0 aliphatic carbocycles. The Morgan fingerprint density at radius 2 is 2.14 bits per heavy atom. The lowest BCUT2D eigenvalue weighted by Gasteiger charge is -2.02. The summed E-state index contributed by atoms with van der Waals surface area (Å²) in [5.41, 5.74) is 1.30. The summed E-state index contributed by atoms with van der Waals surface area (Å²) in [6, 6.07) is 1.57. The van der Waals surface area contributed by atoms with E-state index in [9.17, 15) is 0 Å². The molecule has 2 aromatic heterocycles. The third-order valence-corrected chi connectivity index (χ3v) is 3.51. The van der Waals surface area contributed by atoms with Crippen LogP contribution < -0.4 is 0 Å². The van der Waals surface area contributed by atoms with E-state index in [1.807, 2.05) is 0 Å². The normalized spacial score (nSPS) is 10.8. The number of fused-ring (bicyclic) bond motifs is 1. The van der Waals surface area contributed by atoms with Crippen LogP contribution in [-0.2, 0) is 0 Å². The molecule has 2 heterocycles. The number of H-pyrrole nitrogens is 1. The molecule has 0 fully saturated rings. The zero-order valence-electron chi connectivity index (χ0n) is 6.64. The molecular weight excluding hydrogens is 307 g/mol. The molecule has 0 atom stereocenters.